The first-order chi connectivity index (χ1) is 12.4. The van der Waals surface area contributed by atoms with Gasteiger partial charge in [-0.3, -0.25) is 9.59 Å². The molecule has 2 aromatic rings. The lowest BCUT2D eigenvalue weighted by atomic mass is 10.1. The molecular weight excluding hydrogens is 356 g/mol. The Morgan fingerprint density at radius 2 is 1.73 bits per heavy atom. The summed E-state index contributed by atoms with van der Waals surface area (Å²) in [6, 6.07) is 10.5. The molecule has 0 bridgehead atoms. The van der Waals surface area contributed by atoms with E-state index in [4.69, 9.17) is 21.1 Å². The lowest BCUT2D eigenvalue weighted by Crippen LogP contribution is -2.36. The summed E-state index contributed by atoms with van der Waals surface area (Å²) in [6.07, 6.45) is 0.555. The highest BCUT2D eigenvalue weighted by molar-refractivity contribution is 6.39. The maximum absolute atomic E-state index is 12.0. The molecule has 0 aromatic heterocycles. The predicted octanol–water partition coefficient (Wildman–Crippen LogP) is 2.96. The molecule has 0 radical (unpaired) electrons. The third kappa shape index (κ3) is 5.13. The highest BCUT2D eigenvalue weighted by Crippen LogP contribution is 2.27. The highest BCUT2D eigenvalue weighted by atomic mass is 35.5. The number of methoxy groups -OCH3 is 2. The van der Waals surface area contributed by atoms with E-state index in [2.05, 4.69) is 10.6 Å². The molecule has 0 fully saturated rings. The minimum Gasteiger partial charge on any atom is -0.493 e. The van der Waals surface area contributed by atoms with Crippen molar-refractivity contribution in [3.8, 4) is 11.5 Å². The van der Waals surface area contributed by atoms with E-state index < -0.39 is 11.8 Å². The molecular formula is C19H21ClN2O4. The summed E-state index contributed by atoms with van der Waals surface area (Å²) < 4.78 is 10.4. The molecule has 0 unspecified atom stereocenters. The van der Waals surface area contributed by atoms with Gasteiger partial charge in [0.05, 0.1) is 14.2 Å². The summed E-state index contributed by atoms with van der Waals surface area (Å²) in [5.41, 5.74) is 2.29. The van der Waals surface area contributed by atoms with Gasteiger partial charge in [-0.2, -0.15) is 0 Å². The number of hydrogen-bond acceptors (Lipinski definition) is 4. The Labute approximate surface area is 157 Å². The Balaban J connectivity index is 1.87. The molecule has 0 atom stereocenters. The van der Waals surface area contributed by atoms with Gasteiger partial charge in [-0.1, -0.05) is 17.7 Å². The lowest BCUT2D eigenvalue weighted by molar-refractivity contribution is -0.136. The van der Waals surface area contributed by atoms with Crippen LogP contribution in [-0.4, -0.2) is 32.6 Å². The normalized spacial score (nSPS) is 10.2. The maximum atomic E-state index is 12.0. The van der Waals surface area contributed by atoms with Gasteiger partial charge < -0.3 is 20.1 Å². The molecule has 0 spiro atoms. The Kier molecular flexibility index (Phi) is 6.86. The van der Waals surface area contributed by atoms with Crippen molar-refractivity contribution in [2.45, 2.75) is 13.3 Å². The van der Waals surface area contributed by atoms with Gasteiger partial charge in [0, 0.05) is 17.3 Å². The van der Waals surface area contributed by atoms with Gasteiger partial charge in [-0.05, 0) is 54.8 Å². The quantitative estimate of drug-likeness (QED) is 0.760. The number of benzene rings is 2. The molecule has 2 aromatic carbocycles. The summed E-state index contributed by atoms with van der Waals surface area (Å²) in [6.45, 7) is 2.12. The second-order valence-corrected chi connectivity index (χ2v) is 6.05. The zero-order valence-electron chi connectivity index (χ0n) is 14.9. The van der Waals surface area contributed by atoms with Crippen molar-refractivity contribution in [3.05, 3.63) is 52.5 Å². The van der Waals surface area contributed by atoms with Crippen LogP contribution in [0.2, 0.25) is 5.02 Å². The predicted molar refractivity (Wildman–Crippen MR) is 101 cm³/mol. The number of rotatable bonds is 6. The van der Waals surface area contributed by atoms with Crippen LogP contribution in [0.1, 0.15) is 11.1 Å². The van der Waals surface area contributed by atoms with Gasteiger partial charge in [-0.15, -0.1) is 0 Å². The largest absolute Gasteiger partial charge is 0.493 e. The van der Waals surface area contributed by atoms with E-state index in [9.17, 15) is 9.59 Å². The van der Waals surface area contributed by atoms with Crippen LogP contribution in [0.5, 0.6) is 11.5 Å². The van der Waals surface area contributed by atoms with Gasteiger partial charge in [0.2, 0.25) is 0 Å². The van der Waals surface area contributed by atoms with Gasteiger partial charge in [0.1, 0.15) is 0 Å². The summed E-state index contributed by atoms with van der Waals surface area (Å²) in [7, 11) is 3.13. The summed E-state index contributed by atoms with van der Waals surface area (Å²) in [5.74, 6) is -0.159. The van der Waals surface area contributed by atoms with E-state index in [1.165, 1.54) is 0 Å². The van der Waals surface area contributed by atoms with Crippen molar-refractivity contribution in [1.29, 1.82) is 0 Å². The topological polar surface area (TPSA) is 76.7 Å². The third-order valence-electron chi connectivity index (χ3n) is 3.79. The molecule has 0 heterocycles. The summed E-state index contributed by atoms with van der Waals surface area (Å²) >= 11 is 5.87. The SMILES string of the molecule is COc1ccc(CCNC(=O)C(=O)Nc2ccc(Cl)cc2C)cc1OC. The monoisotopic (exact) mass is 376 g/mol. The van der Waals surface area contributed by atoms with Gasteiger partial charge in [-0.25, -0.2) is 0 Å². The van der Waals surface area contributed by atoms with Gasteiger partial charge in [0.15, 0.2) is 11.5 Å². The van der Waals surface area contributed by atoms with Crippen LogP contribution < -0.4 is 20.1 Å². The van der Waals surface area contributed by atoms with Crippen LogP contribution in [0.15, 0.2) is 36.4 Å². The van der Waals surface area contributed by atoms with Crippen LogP contribution >= 0.6 is 11.6 Å². The van der Waals surface area contributed by atoms with Crippen LogP contribution in [0.25, 0.3) is 0 Å². The molecule has 0 aliphatic heterocycles. The first-order valence-electron chi connectivity index (χ1n) is 8.01. The number of anilines is 1. The van der Waals surface area contributed by atoms with Crippen molar-refractivity contribution in [2.75, 3.05) is 26.1 Å². The summed E-state index contributed by atoms with van der Waals surface area (Å²) in [5, 5.41) is 5.74. The van der Waals surface area contributed by atoms with Crippen LogP contribution in [0, 0.1) is 6.92 Å². The molecule has 2 amide bonds. The van der Waals surface area contributed by atoms with Crippen molar-refractivity contribution in [1.82, 2.24) is 5.32 Å². The number of aryl methyl sites for hydroxylation is 1. The average molecular weight is 377 g/mol. The molecule has 0 aliphatic rings. The number of ether oxygens (including phenoxy) is 2. The van der Waals surface area contributed by atoms with Gasteiger partial charge in [0.25, 0.3) is 0 Å². The fourth-order valence-corrected chi connectivity index (χ4v) is 2.61. The van der Waals surface area contributed by atoms with E-state index in [1.807, 2.05) is 12.1 Å². The van der Waals surface area contributed by atoms with Crippen molar-refractivity contribution in [3.63, 3.8) is 0 Å². The van der Waals surface area contributed by atoms with Crippen LogP contribution in [0.4, 0.5) is 5.69 Å². The molecule has 0 saturated heterocycles. The molecule has 2 rings (SSSR count). The van der Waals surface area contributed by atoms with Gasteiger partial charge >= 0.3 is 11.8 Å². The molecule has 138 valence electrons. The minimum atomic E-state index is -0.720. The first kappa shape index (κ1) is 19.6. The Hall–Kier alpha value is -2.73. The van der Waals surface area contributed by atoms with Crippen LogP contribution in [0.3, 0.4) is 0 Å². The first-order valence-corrected chi connectivity index (χ1v) is 8.38. The number of halogens is 1. The molecule has 6 nitrogen and oxygen atoms in total. The lowest BCUT2D eigenvalue weighted by Gasteiger charge is -2.11. The van der Waals surface area contributed by atoms with E-state index in [1.54, 1.807) is 45.4 Å². The van der Waals surface area contributed by atoms with E-state index in [-0.39, 0.29) is 0 Å². The number of amides is 2. The molecule has 7 heteroatoms. The second-order valence-electron chi connectivity index (χ2n) is 5.61. The van der Waals surface area contributed by atoms with Crippen molar-refractivity contribution >= 4 is 29.1 Å². The Bertz CT molecular complexity index is 808. The summed E-state index contributed by atoms with van der Waals surface area (Å²) in [4.78, 5) is 23.9. The fraction of sp³-hybridized carbons (Fsp3) is 0.263. The molecule has 0 saturated carbocycles. The van der Waals surface area contributed by atoms with E-state index >= 15 is 0 Å². The fourth-order valence-electron chi connectivity index (χ4n) is 2.38. The second kappa shape index (κ2) is 9.10. The molecule has 26 heavy (non-hydrogen) atoms. The standard InChI is InChI=1S/C19H21ClN2O4/c1-12-10-14(20)5-6-15(12)22-19(24)18(23)21-9-8-13-4-7-16(25-2)17(11-13)26-3/h4-7,10-11H,8-9H2,1-3H3,(H,21,23)(H,22,24). The Morgan fingerprint density at radius 1 is 1.00 bits per heavy atom. The van der Waals surface area contributed by atoms with Crippen molar-refractivity contribution < 1.29 is 19.1 Å². The van der Waals surface area contributed by atoms with Crippen LogP contribution in [-0.2, 0) is 16.0 Å². The van der Waals surface area contributed by atoms with Crippen molar-refractivity contribution in [2.24, 2.45) is 0 Å². The smallest absolute Gasteiger partial charge is 0.313 e. The number of nitrogens with one attached hydrogen (secondary N) is 2. The van der Waals surface area contributed by atoms with E-state index in [0.717, 1.165) is 11.1 Å². The number of carbonyl (C=O) groups excluding carboxylic acids is 2. The maximum Gasteiger partial charge on any atom is 0.313 e. The third-order valence-corrected chi connectivity index (χ3v) is 4.03. The zero-order chi connectivity index (χ0) is 19.1. The highest BCUT2D eigenvalue weighted by Gasteiger charge is 2.14. The van der Waals surface area contributed by atoms with E-state index in [0.29, 0.717) is 35.2 Å². The number of carbonyl (C=O) groups is 2. The minimum absolute atomic E-state index is 0.321. The average Bonchev–Trinajstić information content (AvgIpc) is 2.63. The number of hydrogen-bond donors (Lipinski definition) is 2. The molecule has 2 N–H and O–H groups in total. The Morgan fingerprint density at radius 3 is 2.38 bits per heavy atom. The molecule has 0 aliphatic carbocycles. The zero-order valence-corrected chi connectivity index (χ0v) is 15.6.